The number of aliphatic hydroxyl groups is 1. The molecule has 224 valence electrons. The van der Waals surface area contributed by atoms with E-state index in [1.54, 1.807) is 97.1 Å². The molecule has 1 heterocycles. The summed E-state index contributed by atoms with van der Waals surface area (Å²) in [6.07, 6.45) is -4.23. The lowest BCUT2D eigenvalue weighted by atomic mass is 10.0. The summed E-state index contributed by atoms with van der Waals surface area (Å²) in [4.78, 5) is 52.5. The van der Waals surface area contributed by atoms with Crippen molar-refractivity contribution in [1.82, 2.24) is 0 Å². The van der Waals surface area contributed by atoms with Gasteiger partial charge in [-0.2, -0.15) is 0 Å². The van der Waals surface area contributed by atoms with Crippen molar-refractivity contribution in [1.29, 1.82) is 0 Å². The molecule has 44 heavy (non-hydrogen) atoms. The van der Waals surface area contributed by atoms with Crippen LogP contribution in [-0.2, 0) is 18.9 Å². The molecule has 4 aromatic rings. The first-order valence-corrected chi connectivity index (χ1v) is 14.7. The third-order valence-electron chi connectivity index (χ3n) is 6.76. The summed E-state index contributed by atoms with van der Waals surface area (Å²) in [5, 5.41) is 10.3. The first kappa shape index (κ1) is 30.5. The zero-order valence-corrected chi connectivity index (χ0v) is 24.1. The van der Waals surface area contributed by atoms with Crippen LogP contribution in [0.3, 0.4) is 0 Å². The van der Waals surface area contributed by atoms with E-state index in [0.29, 0.717) is 5.56 Å². The highest BCUT2D eigenvalue weighted by molar-refractivity contribution is 8.00. The molecule has 1 aliphatic heterocycles. The summed E-state index contributed by atoms with van der Waals surface area (Å²) in [7, 11) is 0. The van der Waals surface area contributed by atoms with Crippen molar-refractivity contribution in [3.8, 4) is 0 Å². The van der Waals surface area contributed by atoms with E-state index in [0.717, 1.165) is 11.8 Å². The van der Waals surface area contributed by atoms with E-state index >= 15 is 0 Å². The Morgan fingerprint density at radius 1 is 0.500 bits per heavy atom. The third kappa shape index (κ3) is 7.52. The minimum Gasteiger partial charge on any atom is -0.461 e. The molecule has 1 unspecified atom stereocenters. The predicted molar refractivity (Wildman–Crippen MR) is 161 cm³/mol. The molecule has 0 saturated carbocycles. The largest absolute Gasteiger partial charge is 0.461 e. The van der Waals surface area contributed by atoms with Gasteiger partial charge in [-0.05, 0) is 48.5 Å². The average molecular weight is 613 g/mol. The van der Waals surface area contributed by atoms with Gasteiger partial charge >= 0.3 is 23.9 Å². The fraction of sp³-hybridized carbons (Fsp3) is 0.176. The molecule has 0 aliphatic carbocycles. The molecule has 1 N–H and O–H groups in total. The molecule has 9 nitrogen and oxygen atoms in total. The second-order valence-electron chi connectivity index (χ2n) is 9.74. The number of thioether (sulfide) groups is 1. The first-order chi connectivity index (χ1) is 21.4. The summed E-state index contributed by atoms with van der Waals surface area (Å²) < 4.78 is 23.0. The number of rotatable bonds is 9. The Labute approximate surface area is 257 Å². The van der Waals surface area contributed by atoms with E-state index < -0.39 is 52.9 Å². The summed E-state index contributed by atoms with van der Waals surface area (Å²) in [5.74, 6) is -2.96. The van der Waals surface area contributed by atoms with Gasteiger partial charge in [0.1, 0.15) is 12.0 Å². The topological polar surface area (TPSA) is 125 Å². The summed E-state index contributed by atoms with van der Waals surface area (Å²) in [6, 6.07) is 32.6. The molecular formula is C34H28O9S. The lowest BCUT2D eigenvalue weighted by Gasteiger charge is -2.42. The Morgan fingerprint density at radius 3 is 1.25 bits per heavy atom. The number of carbonyl (C=O) groups is 4. The van der Waals surface area contributed by atoms with Gasteiger partial charge in [0.05, 0.1) is 27.5 Å². The molecule has 0 aromatic heterocycles. The second kappa shape index (κ2) is 14.5. The monoisotopic (exact) mass is 612 g/mol. The van der Waals surface area contributed by atoms with E-state index in [4.69, 9.17) is 18.9 Å². The van der Waals surface area contributed by atoms with Crippen molar-refractivity contribution in [2.45, 2.75) is 29.0 Å². The normalized spacial score (nSPS) is 21.0. The SMILES string of the molecule is O=C(OC[C@H]1SC(O)[C@H](OC(=O)c2ccccc2)[C@@H](OC(=O)c2ccccc2)[C@@H]1OC(=O)c1ccccc1)c1ccccc1. The smallest absolute Gasteiger partial charge is 0.338 e. The summed E-state index contributed by atoms with van der Waals surface area (Å²) in [6.45, 7) is -0.319. The standard InChI is InChI=1S/C34H28O9S/c35-30(22-13-5-1-6-14-22)40-21-26-27(41-31(36)23-15-7-2-8-16-23)28(42-32(37)24-17-9-3-10-18-24)29(34(39)44-26)43-33(38)25-19-11-4-12-20-25/h1-20,26-29,34,39H,21H2/t26-,27-,28+,29-,34?/m1/s1. The molecule has 1 fully saturated rings. The van der Waals surface area contributed by atoms with Gasteiger partial charge < -0.3 is 24.1 Å². The molecule has 5 atom stereocenters. The molecule has 1 aliphatic rings. The molecule has 1 saturated heterocycles. The molecule has 0 spiro atoms. The van der Waals surface area contributed by atoms with Crippen molar-refractivity contribution in [2.24, 2.45) is 0 Å². The average Bonchev–Trinajstić information content (AvgIpc) is 3.07. The molecular weight excluding hydrogens is 584 g/mol. The molecule has 0 bridgehead atoms. The van der Waals surface area contributed by atoms with Crippen LogP contribution >= 0.6 is 11.8 Å². The fourth-order valence-corrected chi connectivity index (χ4v) is 5.78. The molecule has 5 rings (SSSR count). The van der Waals surface area contributed by atoms with E-state index in [1.165, 1.54) is 24.3 Å². The van der Waals surface area contributed by atoms with Gasteiger partial charge in [0.2, 0.25) is 0 Å². The van der Waals surface area contributed by atoms with Crippen LogP contribution in [0.15, 0.2) is 121 Å². The van der Waals surface area contributed by atoms with E-state index in [2.05, 4.69) is 0 Å². The Bertz CT molecular complexity index is 1570. The van der Waals surface area contributed by atoms with Crippen molar-refractivity contribution in [3.63, 3.8) is 0 Å². The fourth-order valence-electron chi connectivity index (χ4n) is 4.54. The van der Waals surface area contributed by atoms with E-state index in [1.807, 2.05) is 0 Å². The maximum absolute atomic E-state index is 13.3. The molecule has 10 heteroatoms. The summed E-state index contributed by atoms with van der Waals surface area (Å²) >= 11 is 0.873. The quantitative estimate of drug-likeness (QED) is 0.205. The molecule has 0 amide bonds. The number of esters is 4. The summed E-state index contributed by atoms with van der Waals surface area (Å²) in [5.41, 5.74) is -0.533. The third-order valence-corrected chi connectivity index (χ3v) is 8.06. The van der Waals surface area contributed by atoms with Crippen molar-refractivity contribution in [2.75, 3.05) is 6.61 Å². The predicted octanol–water partition coefficient (Wildman–Crippen LogP) is 4.95. The Balaban J connectivity index is 1.48. The Kier molecular flexibility index (Phi) is 10.1. The maximum Gasteiger partial charge on any atom is 0.338 e. The van der Waals surface area contributed by atoms with E-state index in [9.17, 15) is 24.3 Å². The number of hydrogen-bond acceptors (Lipinski definition) is 10. The molecule has 4 aromatic carbocycles. The lowest BCUT2D eigenvalue weighted by Crippen LogP contribution is -2.59. The Hall–Kier alpha value is -4.93. The van der Waals surface area contributed by atoms with Crippen LogP contribution in [0.5, 0.6) is 0 Å². The van der Waals surface area contributed by atoms with Crippen LogP contribution in [-0.4, -0.2) is 64.6 Å². The highest BCUT2D eigenvalue weighted by Crippen LogP contribution is 2.38. The maximum atomic E-state index is 13.3. The van der Waals surface area contributed by atoms with Gasteiger partial charge in [-0.15, -0.1) is 11.8 Å². The van der Waals surface area contributed by atoms with Crippen LogP contribution in [0, 0.1) is 0 Å². The van der Waals surface area contributed by atoms with Crippen LogP contribution in [0.1, 0.15) is 41.4 Å². The second-order valence-corrected chi connectivity index (χ2v) is 11.1. The highest BCUT2D eigenvalue weighted by atomic mass is 32.2. The number of benzene rings is 4. The van der Waals surface area contributed by atoms with Crippen LogP contribution in [0.4, 0.5) is 0 Å². The zero-order chi connectivity index (χ0) is 30.9. The van der Waals surface area contributed by atoms with Crippen LogP contribution in [0.25, 0.3) is 0 Å². The number of ether oxygens (including phenoxy) is 4. The number of carbonyl (C=O) groups excluding carboxylic acids is 4. The van der Waals surface area contributed by atoms with Gasteiger partial charge in [0.25, 0.3) is 0 Å². The van der Waals surface area contributed by atoms with Crippen LogP contribution in [0.2, 0.25) is 0 Å². The van der Waals surface area contributed by atoms with Crippen molar-refractivity contribution in [3.05, 3.63) is 144 Å². The Morgan fingerprint density at radius 2 is 0.841 bits per heavy atom. The minimum atomic E-state index is -1.47. The first-order valence-electron chi connectivity index (χ1n) is 13.7. The van der Waals surface area contributed by atoms with E-state index in [-0.39, 0.29) is 23.3 Å². The highest BCUT2D eigenvalue weighted by Gasteiger charge is 2.52. The van der Waals surface area contributed by atoms with Gasteiger partial charge in [0, 0.05) is 0 Å². The number of aliphatic hydroxyl groups excluding tert-OH is 1. The van der Waals surface area contributed by atoms with Crippen molar-refractivity contribution >= 4 is 35.6 Å². The van der Waals surface area contributed by atoms with Crippen LogP contribution < -0.4 is 0 Å². The van der Waals surface area contributed by atoms with Gasteiger partial charge in [-0.25, -0.2) is 19.2 Å². The molecule has 0 radical (unpaired) electrons. The minimum absolute atomic E-state index is 0.188. The van der Waals surface area contributed by atoms with Crippen molar-refractivity contribution < 1.29 is 43.2 Å². The van der Waals surface area contributed by atoms with Gasteiger partial charge in [-0.3, -0.25) is 0 Å². The zero-order valence-electron chi connectivity index (χ0n) is 23.3. The van der Waals surface area contributed by atoms with Gasteiger partial charge in [0.15, 0.2) is 18.3 Å². The number of hydrogen-bond donors (Lipinski definition) is 1. The van der Waals surface area contributed by atoms with Gasteiger partial charge in [-0.1, -0.05) is 72.8 Å². The lowest BCUT2D eigenvalue weighted by molar-refractivity contribution is -0.114.